The summed E-state index contributed by atoms with van der Waals surface area (Å²) in [7, 11) is 1.46. The molecule has 0 bridgehead atoms. The van der Waals surface area contributed by atoms with Gasteiger partial charge in [0, 0.05) is 18.0 Å². The molecule has 2 rings (SSSR count). The van der Waals surface area contributed by atoms with Crippen molar-refractivity contribution in [2.45, 2.75) is 26.4 Å². The van der Waals surface area contributed by atoms with Crippen molar-refractivity contribution in [3.63, 3.8) is 0 Å². The molecule has 0 aliphatic rings. The van der Waals surface area contributed by atoms with E-state index in [-0.39, 0.29) is 11.4 Å². The number of hydrogen-bond acceptors (Lipinski definition) is 5. The summed E-state index contributed by atoms with van der Waals surface area (Å²) in [5.41, 5.74) is 1.67. The summed E-state index contributed by atoms with van der Waals surface area (Å²) in [6.45, 7) is 3.37. The van der Waals surface area contributed by atoms with Crippen molar-refractivity contribution in [2.75, 3.05) is 7.11 Å². The second kappa shape index (κ2) is 7.04. The van der Waals surface area contributed by atoms with Gasteiger partial charge < -0.3 is 14.3 Å². The smallest absolute Gasteiger partial charge is 0.291 e. The normalized spacial score (nSPS) is 12.5. The largest absolute Gasteiger partial charge is 0.468 e. The van der Waals surface area contributed by atoms with Crippen molar-refractivity contribution in [2.24, 2.45) is 0 Å². The lowest BCUT2D eigenvalue weighted by Crippen LogP contribution is -2.11. The molecule has 1 N–H and O–H groups in total. The molecule has 0 aliphatic carbocycles. The molecule has 1 atom stereocenters. The van der Waals surface area contributed by atoms with Gasteiger partial charge in [-0.25, -0.2) is 0 Å². The van der Waals surface area contributed by atoms with Crippen molar-refractivity contribution in [3.05, 3.63) is 63.3 Å². The fourth-order valence-electron chi connectivity index (χ4n) is 2.12. The summed E-state index contributed by atoms with van der Waals surface area (Å²) < 4.78 is 10.6. The molecule has 1 unspecified atom stereocenters. The lowest BCUT2D eigenvalue weighted by molar-refractivity contribution is 0.181. The molecule has 0 spiro atoms. The monoisotopic (exact) mass is 301 g/mol. The van der Waals surface area contributed by atoms with Crippen molar-refractivity contribution < 1.29 is 14.3 Å². The van der Waals surface area contributed by atoms with Crippen LogP contribution in [0.4, 0.5) is 0 Å². The van der Waals surface area contributed by atoms with Crippen LogP contribution in [-0.2, 0) is 0 Å². The average molecular weight is 301 g/mol. The fourth-order valence-corrected chi connectivity index (χ4v) is 2.12. The number of aromatic nitrogens is 1. The first kappa shape index (κ1) is 16.0. The number of methoxy groups -OCH3 is 1. The summed E-state index contributed by atoms with van der Waals surface area (Å²) in [4.78, 5) is 16.0. The van der Waals surface area contributed by atoms with Crippen LogP contribution in [0, 0.1) is 13.8 Å². The Morgan fingerprint density at radius 2 is 2.00 bits per heavy atom. The zero-order valence-corrected chi connectivity index (χ0v) is 12.9. The van der Waals surface area contributed by atoms with Crippen LogP contribution in [0.5, 0.6) is 5.95 Å². The Kier molecular flexibility index (Phi) is 5.12. The third-order valence-electron chi connectivity index (χ3n) is 3.46. The lowest BCUT2D eigenvalue weighted by atomic mass is 10.1. The summed E-state index contributed by atoms with van der Waals surface area (Å²) in [5.74, 6) is 0.652. The van der Waals surface area contributed by atoms with Gasteiger partial charge >= 0.3 is 0 Å². The first-order valence-electron chi connectivity index (χ1n) is 6.97. The molecule has 5 heteroatoms. The molecule has 2 aromatic rings. The summed E-state index contributed by atoms with van der Waals surface area (Å²) >= 11 is 0. The van der Waals surface area contributed by atoms with Gasteiger partial charge in [-0.1, -0.05) is 6.08 Å². The van der Waals surface area contributed by atoms with Gasteiger partial charge in [0.1, 0.15) is 5.76 Å². The Labute approximate surface area is 128 Å². The van der Waals surface area contributed by atoms with Crippen molar-refractivity contribution in [1.82, 2.24) is 4.98 Å². The van der Waals surface area contributed by atoms with Crippen LogP contribution in [0.2, 0.25) is 0 Å². The van der Waals surface area contributed by atoms with E-state index in [2.05, 4.69) is 4.98 Å². The van der Waals surface area contributed by atoms with Gasteiger partial charge in [-0.3, -0.25) is 9.78 Å². The highest BCUT2D eigenvalue weighted by atomic mass is 16.6. The molecule has 0 radical (unpaired) electrons. The number of rotatable bonds is 5. The number of pyridine rings is 1. The van der Waals surface area contributed by atoms with Gasteiger partial charge in [0.2, 0.25) is 0 Å². The molecular weight excluding hydrogens is 282 g/mol. The van der Waals surface area contributed by atoms with E-state index in [1.54, 1.807) is 50.5 Å². The molecule has 2 heterocycles. The van der Waals surface area contributed by atoms with Crippen LogP contribution in [0.25, 0.3) is 6.08 Å². The minimum absolute atomic E-state index is 0.0996. The quantitative estimate of drug-likeness (QED) is 0.919. The number of ether oxygens (including phenoxy) is 1. The fraction of sp³-hybridized carbons (Fsp3) is 0.294. The van der Waals surface area contributed by atoms with Gasteiger partial charge in [-0.2, -0.15) is 0 Å². The summed E-state index contributed by atoms with van der Waals surface area (Å²) in [5, 5.41) is 10.1. The first-order valence-corrected chi connectivity index (χ1v) is 6.97. The van der Waals surface area contributed by atoms with Crippen LogP contribution in [0.15, 0.2) is 39.8 Å². The summed E-state index contributed by atoms with van der Waals surface area (Å²) in [6.07, 6.45) is 6.50. The maximum atomic E-state index is 12.1. The Morgan fingerprint density at radius 1 is 1.32 bits per heavy atom. The Balaban J connectivity index is 2.17. The van der Waals surface area contributed by atoms with Crippen LogP contribution in [-0.4, -0.2) is 17.2 Å². The van der Waals surface area contributed by atoms with E-state index in [0.717, 1.165) is 5.56 Å². The van der Waals surface area contributed by atoms with Crippen molar-refractivity contribution in [3.8, 4) is 5.95 Å². The van der Waals surface area contributed by atoms with Gasteiger partial charge in [-0.05, 0) is 44.0 Å². The maximum absolute atomic E-state index is 12.1. The summed E-state index contributed by atoms with van der Waals surface area (Å²) in [6, 6.07) is 3.53. The zero-order chi connectivity index (χ0) is 16.1. The van der Waals surface area contributed by atoms with E-state index in [1.807, 2.05) is 0 Å². The predicted molar refractivity (Wildman–Crippen MR) is 83.9 cm³/mol. The molecule has 0 saturated heterocycles. The highest BCUT2D eigenvalue weighted by Crippen LogP contribution is 2.21. The molecule has 0 amide bonds. The maximum Gasteiger partial charge on any atom is 0.291 e. The van der Waals surface area contributed by atoms with E-state index >= 15 is 0 Å². The molecular formula is C17H19NO4. The topological polar surface area (TPSA) is 72.6 Å². The second-order valence-electron chi connectivity index (χ2n) is 4.97. The van der Waals surface area contributed by atoms with Crippen LogP contribution >= 0.6 is 0 Å². The highest BCUT2D eigenvalue weighted by molar-refractivity contribution is 5.49. The zero-order valence-electron chi connectivity index (χ0n) is 12.9. The number of nitrogens with zero attached hydrogens (tertiary/aromatic N) is 1. The van der Waals surface area contributed by atoms with Crippen LogP contribution < -0.4 is 10.2 Å². The highest BCUT2D eigenvalue weighted by Gasteiger charge is 2.12. The van der Waals surface area contributed by atoms with Gasteiger partial charge in [-0.15, -0.1) is 0 Å². The van der Waals surface area contributed by atoms with Gasteiger partial charge in [0.15, 0.2) is 5.43 Å². The molecule has 5 nitrogen and oxygen atoms in total. The van der Waals surface area contributed by atoms with E-state index in [0.29, 0.717) is 23.3 Å². The molecule has 0 saturated carbocycles. The molecule has 22 heavy (non-hydrogen) atoms. The van der Waals surface area contributed by atoms with Crippen LogP contribution in [0.1, 0.15) is 35.0 Å². The van der Waals surface area contributed by atoms with E-state index in [1.165, 1.54) is 7.11 Å². The minimum Gasteiger partial charge on any atom is -0.468 e. The average Bonchev–Trinajstić information content (AvgIpc) is 2.55. The van der Waals surface area contributed by atoms with Gasteiger partial charge in [0.05, 0.1) is 18.8 Å². The minimum atomic E-state index is -0.626. The third-order valence-corrected chi connectivity index (χ3v) is 3.46. The molecule has 116 valence electrons. The molecule has 0 aliphatic heterocycles. The third kappa shape index (κ3) is 3.43. The van der Waals surface area contributed by atoms with E-state index in [9.17, 15) is 9.90 Å². The van der Waals surface area contributed by atoms with Crippen molar-refractivity contribution in [1.29, 1.82) is 0 Å². The van der Waals surface area contributed by atoms with E-state index in [4.69, 9.17) is 9.15 Å². The van der Waals surface area contributed by atoms with Crippen molar-refractivity contribution >= 4 is 6.08 Å². The predicted octanol–water partition coefficient (Wildman–Crippen LogP) is 2.80. The Hall–Kier alpha value is -2.40. The van der Waals surface area contributed by atoms with E-state index < -0.39 is 6.10 Å². The number of hydrogen-bond donors (Lipinski definition) is 1. The number of aliphatic hydroxyl groups is 1. The lowest BCUT2D eigenvalue weighted by Gasteiger charge is -2.08. The van der Waals surface area contributed by atoms with Crippen LogP contribution in [0.3, 0.4) is 0 Å². The Morgan fingerprint density at radius 3 is 2.64 bits per heavy atom. The molecule has 0 fully saturated rings. The first-order chi connectivity index (χ1) is 10.5. The molecule has 0 aromatic carbocycles. The Bertz CT molecular complexity index is 719. The standard InChI is InChI=1S/C17H19NO4/c1-11-15(22-17(21-3)12(2)16(11)20)6-4-5-14(19)13-7-9-18-10-8-13/h4,6-10,14,19H,5H2,1-3H3/b6-4+. The number of aliphatic hydroxyl groups excluding tert-OH is 1. The molecule has 2 aromatic heterocycles. The second-order valence-corrected chi connectivity index (χ2v) is 4.97. The van der Waals surface area contributed by atoms with Gasteiger partial charge in [0.25, 0.3) is 5.95 Å². The SMILES string of the molecule is COc1oc(/C=C/CC(O)c2ccncc2)c(C)c(=O)c1C.